The average Bonchev–Trinajstić information content (AvgIpc) is 2.78. The van der Waals surface area contributed by atoms with Crippen molar-refractivity contribution in [2.75, 3.05) is 38.2 Å². The second-order valence-corrected chi connectivity index (χ2v) is 9.54. The Bertz CT molecular complexity index is 1010. The fourth-order valence-corrected chi connectivity index (χ4v) is 4.82. The summed E-state index contributed by atoms with van der Waals surface area (Å²) in [6.07, 6.45) is 0.123. The standard InChI is InChI=1S/C21H25ClN4O4S/c1-24(18-5-3-2-4-6-18)23-20(27)11-12-21(28)25-13-15-26(16-14-25)31(29,30)19-9-7-17(22)8-10-19/h2-10H,11-16H2,1H3,(H,23,27). The molecule has 8 nitrogen and oxygen atoms in total. The van der Waals surface area contributed by atoms with Crippen molar-refractivity contribution in [2.45, 2.75) is 17.7 Å². The smallest absolute Gasteiger partial charge is 0.243 e. The minimum absolute atomic E-state index is 0.0549. The number of rotatable bonds is 7. The van der Waals surface area contributed by atoms with Crippen molar-refractivity contribution in [2.24, 2.45) is 0 Å². The van der Waals surface area contributed by atoms with Gasteiger partial charge in [0.05, 0.1) is 10.6 Å². The van der Waals surface area contributed by atoms with Gasteiger partial charge in [-0.25, -0.2) is 8.42 Å². The number of sulfonamides is 1. The molecule has 166 valence electrons. The number of hydrazine groups is 1. The minimum atomic E-state index is -3.63. The third-order valence-corrected chi connectivity index (χ3v) is 7.21. The van der Waals surface area contributed by atoms with E-state index in [-0.39, 0.29) is 55.7 Å². The molecule has 0 saturated carbocycles. The average molecular weight is 465 g/mol. The molecule has 0 atom stereocenters. The van der Waals surface area contributed by atoms with Gasteiger partial charge in [-0.3, -0.25) is 20.0 Å². The molecule has 0 aromatic heterocycles. The number of hydrogen-bond donors (Lipinski definition) is 1. The van der Waals surface area contributed by atoms with Crippen molar-refractivity contribution >= 4 is 39.1 Å². The number of nitrogens with one attached hydrogen (secondary N) is 1. The maximum absolute atomic E-state index is 12.7. The van der Waals surface area contributed by atoms with Crippen LogP contribution >= 0.6 is 11.6 Å². The highest BCUT2D eigenvalue weighted by atomic mass is 35.5. The Labute approximate surface area is 187 Å². The van der Waals surface area contributed by atoms with Gasteiger partial charge in [0, 0.05) is 51.1 Å². The van der Waals surface area contributed by atoms with E-state index in [9.17, 15) is 18.0 Å². The Morgan fingerprint density at radius 2 is 1.58 bits per heavy atom. The number of benzene rings is 2. The number of carbonyl (C=O) groups excluding carboxylic acids is 2. The van der Waals surface area contributed by atoms with Crippen molar-refractivity contribution < 1.29 is 18.0 Å². The molecule has 0 unspecified atom stereocenters. The molecule has 2 amide bonds. The zero-order chi connectivity index (χ0) is 22.4. The van der Waals surface area contributed by atoms with Crippen LogP contribution in [0.2, 0.25) is 5.02 Å². The molecule has 0 aliphatic carbocycles. The van der Waals surface area contributed by atoms with Gasteiger partial charge >= 0.3 is 0 Å². The Kier molecular flexibility index (Phi) is 7.53. The van der Waals surface area contributed by atoms with Gasteiger partial charge in [0.1, 0.15) is 0 Å². The topological polar surface area (TPSA) is 90.0 Å². The Morgan fingerprint density at radius 1 is 0.968 bits per heavy atom. The Balaban J connectivity index is 1.45. The van der Waals surface area contributed by atoms with Crippen LogP contribution in [0.15, 0.2) is 59.5 Å². The molecular formula is C21H25ClN4O4S. The number of piperazine rings is 1. The molecular weight excluding hydrogens is 440 g/mol. The summed E-state index contributed by atoms with van der Waals surface area (Å²) in [6.45, 7) is 0.994. The zero-order valence-corrected chi connectivity index (χ0v) is 18.8. The zero-order valence-electron chi connectivity index (χ0n) is 17.2. The first-order chi connectivity index (χ1) is 14.8. The van der Waals surface area contributed by atoms with Crippen LogP contribution in [-0.2, 0) is 19.6 Å². The summed E-state index contributed by atoms with van der Waals surface area (Å²) in [5, 5.41) is 2.07. The fourth-order valence-electron chi connectivity index (χ4n) is 3.27. The van der Waals surface area contributed by atoms with Gasteiger partial charge in [-0.1, -0.05) is 29.8 Å². The molecule has 1 N–H and O–H groups in total. The molecule has 2 aromatic rings. The largest absolute Gasteiger partial charge is 0.340 e. The maximum atomic E-state index is 12.7. The van der Waals surface area contributed by atoms with Crippen molar-refractivity contribution in [1.29, 1.82) is 0 Å². The van der Waals surface area contributed by atoms with E-state index in [0.717, 1.165) is 5.69 Å². The van der Waals surface area contributed by atoms with E-state index in [4.69, 9.17) is 11.6 Å². The number of para-hydroxylation sites is 1. The highest BCUT2D eigenvalue weighted by Crippen LogP contribution is 2.20. The van der Waals surface area contributed by atoms with Gasteiger partial charge in [0.2, 0.25) is 21.8 Å². The van der Waals surface area contributed by atoms with E-state index in [1.165, 1.54) is 28.6 Å². The van der Waals surface area contributed by atoms with Gasteiger partial charge in [0.15, 0.2) is 0 Å². The quantitative estimate of drug-likeness (QED) is 0.634. The lowest BCUT2D eigenvalue weighted by molar-refractivity contribution is -0.134. The lowest BCUT2D eigenvalue weighted by Gasteiger charge is -2.34. The first-order valence-corrected chi connectivity index (χ1v) is 11.7. The molecule has 1 aliphatic heterocycles. The van der Waals surface area contributed by atoms with Crippen LogP contribution in [0.1, 0.15) is 12.8 Å². The molecule has 3 rings (SSSR count). The third kappa shape index (κ3) is 5.96. The van der Waals surface area contributed by atoms with Crippen molar-refractivity contribution in [3.05, 3.63) is 59.6 Å². The van der Waals surface area contributed by atoms with E-state index in [1.807, 2.05) is 30.3 Å². The van der Waals surface area contributed by atoms with Gasteiger partial charge in [-0.2, -0.15) is 4.31 Å². The molecule has 2 aromatic carbocycles. The fraction of sp³-hybridized carbons (Fsp3) is 0.333. The molecule has 1 saturated heterocycles. The molecule has 31 heavy (non-hydrogen) atoms. The first-order valence-electron chi connectivity index (χ1n) is 9.89. The summed E-state index contributed by atoms with van der Waals surface area (Å²) in [5.74, 6) is -0.426. The number of carbonyl (C=O) groups is 2. The van der Waals surface area contributed by atoms with E-state index >= 15 is 0 Å². The number of hydrogen-bond acceptors (Lipinski definition) is 5. The van der Waals surface area contributed by atoms with Gasteiger partial charge in [-0.15, -0.1) is 0 Å². The van der Waals surface area contributed by atoms with Crippen LogP contribution in [-0.4, -0.2) is 62.7 Å². The van der Waals surface area contributed by atoms with Crippen molar-refractivity contribution in [3.8, 4) is 0 Å². The monoisotopic (exact) mass is 464 g/mol. The third-order valence-electron chi connectivity index (χ3n) is 5.04. The van der Waals surface area contributed by atoms with Crippen molar-refractivity contribution in [3.63, 3.8) is 0 Å². The highest BCUT2D eigenvalue weighted by Gasteiger charge is 2.30. The molecule has 1 heterocycles. The summed E-state index contributed by atoms with van der Waals surface area (Å²) in [4.78, 5) is 26.4. The summed E-state index contributed by atoms with van der Waals surface area (Å²) in [7, 11) is -1.89. The lowest BCUT2D eigenvalue weighted by Crippen LogP contribution is -2.50. The molecule has 10 heteroatoms. The molecule has 0 spiro atoms. The molecule has 1 fully saturated rings. The highest BCUT2D eigenvalue weighted by molar-refractivity contribution is 7.89. The van der Waals surface area contributed by atoms with E-state index in [2.05, 4.69) is 5.43 Å². The summed E-state index contributed by atoms with van der Waals surface area (Å²) < 4.78 is 26.8. The van der Waals surface area contributed by atoms with E-state index in [0.29, 0.717) is 5.02 Å². The van der Waals surface area contributed by atoms with E-state index < -0.39 is 10.0 Å². The van der Waals surface area contributed by atoms with E-state index in [1.54, 1.807) is 17.0 Å². The van der Waals surface area contributed by atoms with Crippen LogP contribution in [0, 0.1) is 0 Å². The first kappa shape index (κ1) is 23.1. The molecule has 1 aliphatic rings. The molecule has 0 bridgehead atoms. The van der Waals surface area contributed by atoms with Crippen LogP contribution in [0.4, 0.5) is 5.69 Å². The number of anilines is 1. The Morgan fingerprint density at radius 3 is 2.19 bits per heavy atom. The number of amides is 2. The number of nitrogens with zero attached hydrogens (tertiary/aromatic N) is 3. The van der Waals surface area contributed by atoms with Crippen molar-refractivity contribution in [1.82, 2.24) is 14.6 Å². The summed E-state index contributed by atoms with van der Waals surface area (Å²) >= 11 is 5.83. The molecule has 0 radical (unpaired) electrons. The van der Waals surface area contributed by atoms with Crippen LogP contribution in [0.25, 0.3) is 0 Å². The van der Waals surface area contributed by atoms with Crippen LogP contribution in [0.5, 0.6) is 0 Å². The lowest BCUT2D eigenvalue weighted by atomic mass is 10.2. The van der Waals surface area contributed by atoms with Gasteiger partial charge < -0.3 is 4.90 Å². The normalized spacial score (nSPS) is 14.8. The second kappa shape index (κ2) is 10.1. The van der Waals surface area contributed by atoms with Gasteiger partial charge in [-0.05, 0) is 36.4 Å². The van der Waals surface area contributed by atoms with Crippen LogP contribution in [0.3, 0.4) is 0 Å². The van der Waals surface area contributed by atoms with Gasteiger partial charge in [0.25, 0.3) is 0 Å². The van der Waals surface area contributed by atoms with Crippen LogP contribution < -0.4 is 10.4 Å². The number of halogens is 1. The maximum Gasteiger partial charge on any atom is 0.243 e. The predicted molar refractivity (Wildman–Crippen MR) is 119 cm³/mol. The minimum Gasteiger partial charge on any atom is -0.340 e. The summed E-state index contributed by atoms with van der Waals surface area (Å²) in [5.41, 5.74) is 3.56. The second-order valence-electron chi connectivity index (χ2n) is 7.17. The summed E-state index contributed by atoms with van der Waals surface area (Å²) in [6, 6.07) is 15.4. The SMILES string of the molecule is CN(NC(=O)CCC(=O)N1CCN(S(=O)(=O)c2ccc(Cl)cc2)CC1)c1ccccc1. The predicted octanol–water partition coefficient (Wildman–Crippen LogP) is 2.12. The Hall–Kier alpha value is -2.62.